The van der Waals surface area contributed by atoms with Crippen molar-refractivity contribution in [3.05, 3.63) is 65.1 Å². The number of carbonyl (C=O) groups is 1. The summed E-state index contributed by atoms with van der Waals surface area (Å²) in [6, 6.07) is 15.2. The predicted molar refractivity (Wildman–Crippen MR) is 103 cm³/mol. The Labute approximate surface area is 152 Å². The lowest BCUT2D eigenvalue weighted by Crippen LogP contribution is -2.34. The van der Waals surface area contributed by atoms with E-state index in [0.29, 0.717) is 18.8 Å². The minimum absolute atomic E-state index is 0.0106. The highest BCUT2D eigenvalue weighted by Gasteiger charge is 2.10. The van der Waals surface area contributed by atoms with E-state index in [9.17, 15) is 9.59 Å². The van der Waals surface area contributed by atoms with Crippen LogP contribution in [0.1, 0.15) is 13.8 Å². The topological polar surface area (TPSA) is 62.4 Å². The van der Waals surface area contributed by atoms with E-state index in [-0.39, 0.29) is 18.1 Å². The largest absolute Gasteiger partial charge is 0.484 e. The van der Waals surface area contributed by atoms with Crippen LogP contribution in [0.25, 0.3) is 21.9 Å². The minimum atomic E-state index is -0.115. The molecule has 0 aliphatic carbocycles. The summed E-state index contributed by atoms with van der Waals surface area (Å²) in [6.07, 6.45) is 1.71. The Balaban J connectivity index is 1.77. The number of nitrogens with zero attached hydrogens (tertiary/aromatic N) is 1. The van der Waals surface area contributed by atoms with Gasteiger partial charge in [-0.2, -0.15) is 0 Å². The summed E-state index contributed by atoms with van der Waals surface area (Å²) in [4.78, 5) is 27.7. The van der Waals surface area contributed by atoms with Crippen molar-refractivity contribution in [2.24, 2.45) is 0 Å². The van der Waals surface area contributed by atoms with Gasteiger partial charge in [0.15, 0.2) is 6.61 Å². The number of ether oxygens (including phenoxy) is 1. The van der Waals surface area contributed by atoms with Crippen molar-refractivity contribution in [1.29, 1.82) is 0 Å². The molecule has 26 heavy (non-hydrogen) atoms. The third kappa shape index (κ3) is 3.94. The molecular weight excluding hydrogens is 328 g/mol. The Morgan fingerprint density at radius 3 is 2.35 bits per heavy atom. The van der Waals surface area contributed by atoms with E-state index >= 15 is 0 Å². The van der Waals surface area contributed by atoms with E-state index in [0.717, 1.165) is 21.9 Å². The van der Waals surface area contributed by atoms with Crippen LogP contribution in [0.15, 0.2) is 59.5 Å². The maximum Gasteiger partial charge on any atom is 0.260 e. The van der Waals surface area contributed by atoms with Gasteiger partial charge < -0.3 is 14.6 Å². The Bertz CT molecular complexity index is 954. The molecule has 0 saturated carbocycles. The van der Waals surface area contributed by atoms with Gasteiger partial charge in [0, 0.05) is 25.4 Å². The molecule has 0 unspecified atom stereocenters. The molecule has 0 bridgehead atoms. The Kier molecular flexibility index (Phi) is 5.37. The predicted octanol–water partition coefficient (Wildman–Crippen LogP) is 3.44. The average Bonchev–Trinajstić information content (AvgIpc) is 2.67. The molecule has 0 radical (unpaired) electrons. The molecule has 0 fully saturated rings. The average molecular weight is 350 g/mol. The van der Waals surface area contributed by atoms with Gasteiger partial charge in [-0.05, 0) is 60.0 Å². The zero-order valence-electron chi connectivity index (χ0n) is 15.0. The van der Waals surface area contributed by atoms with Gasteiger partial charge in [-0.25, -0.2) is 0 Å². The second-order valence-corrected chi connectivity index (χ2v) is 6.02. The van der Waals surface area contributed by atoms with Crippen LogP contribution in [0.3, 0.4) is 0 Å². The number of hydrogen-bond acceptors (Lipinski definition) is 3. The van der Waals surface area contributed by atoms with Gasteiger partial charge in [0.1, 0.15) is 5.75 Å². The number of aromatic nitrogens is 1. The summed E-state index contributed by atoms with van der Waals surface area (Å²) in [5.74, 6) is 0.665. The highest BCUT2D eigenvalue weighted by molar-refractivity contribution is 5.88. The van der Waals surface area contributed by atoms with Crippen molar-refractivity contribution in [1.82, 2.24) is 9.88 Å². The minimum Gasteiger partial charge on any atom is -0.484 e. The van der Waals surface area contributed by atoms with Gasteiger partial charge >= 0.3 is 0 Å². The van der Waals surface area contributed by atoms with Crippen molar-refractivity contribution in [3.63, 3.8) is 0 Å². The Morgan fingerprint density at radius 2 is 1.65 bits per heavy atom. The molecule has 3 aromatic rings. The molecule has 5 heteroatoms. The van der Waals surface area contributed by atoms with Crippen LogP contribution in [0.5, 0.6) is 5.75 Å². The first-order valence-electron chi connectivity index (χ1n) is 8.74. The molecule has 134 valence electrons. The summed E-state index contributed by atoms with van der Waals surface area (Å²) >= 11 is 0. The van der Waals surface area contributed by atoms with Crippen LogP contribution in [0.2, 0.25) is 0 Å². The van der Waals surface area contributed by atoms with Crippen molar-refractivity contribution in [2.75, 3.05) is 19.7 Å². The first kappa shape index (κ1) is 17.7. The number of aromatic amines is 1. The lowest BCUT2D eigenvalue weighted by molar-refractivity contribution is -0.132. The van der Waals surface area contributed by atoms with Crippen LogP contribution in [-0.4, -0.2) is 35.5 Å². The molecule has 1 heterocycles. The third-order valence-corrected chi connectivity index (χ3v) is 4.41. The van der Waals surface area contributed by atoms with E-state index < -0.39 is 0 Å². The Morgan fingerprint density at radius 1 is 0.962 bits per heavy atom. The van der Waals surface area contributed by atoms with Gasteiger partial charge in [0.05, 0.1) is 0 Å². The third-order valence-electron chi connectivity index (χ3n) is 4.41. The molecule has 3 rings (SSSR count). The molecular formula is C21H22N2O3. The number of nitrogens with one attached hydrogen (secondary N) is 1. The van der Waals surface area contributed by atoms with Crippen LogP contribution in [0, 0.1) is 0 Å². The summed E-state index contributed by atoms with van der Waals surface area (Å²) in [5, 5.41) is 2.10. The second-order valence-electron chi connectivity index (χ2n) is 6.02. The normalized spacial score (nSPS) is 10.7. The highest BCUT2D eigenvalue weighted by atomic mass is 16.5. The lowest BCUT2D eigenvalue weighted by atomic mass is 10.0. The molecule has 0 aliphatic heterocycles. The quantitative estimate of drug-likeness (QED) is 0.741. The molecule has 1 aromatic heterocycles. The fraction of sp³-hybridized carbons (Fsp3) is 0.238. The number of rotatable bonds is 6. The lowest BCUT2D eigenvalue weighted by Gasteiger charge is -2.18. The molecule has 0 aliphatic rings. The van der Waals surface area contributed by atoms with E-state index in [1.807, 2.05) is 44.2 Å². The number of pyridine rings is 1. The summed E-state index contributed by atoms with van der Waals surface area (Å²) < 4.78 is 5.66. The molecule has 0 atom stereocenters. The first-order chi connectivity index (χ1) is 12.6. The smallest absolute Gasteiger partial charge is 0.260 e. The maximum absolute atomic E-state index is 12.0. The van der Waals surface area contributed by atoms with Gasteiger partial charge in [-0.3, -0.25) is 9.59 Å². The zero-order valence-corrected chi connectivity index (χ0v) is 15.0. The van der Waals surface area contributed by atoms with Gasteiger partial charge in [0.2, 0.25) is 5.56 Å². The van der Waals surface area contributed by atoms with Crippen LogP contribution in [0.4, 0.5) is 0 Å². The zero-order chi connectivity index (χ0) is 18.5. The van der Waals surface area contributed by atoms with Crippen molar-refractivity contribution in [2.45, 2.75) is 13.8 Å². The summed E-state index contributed by atoms with van der Waals surface area (Å²) in [7, 11) is 0. The molecule has 1 amide bonds. The SMILES string of the molecule is CCN(CC)C(=O)COc1ccc2cc(-c3ccc(=O)[nH]c3)ccc2c1. The molecule has 2 aromatic carbocycles. The van der Waals surface area contributed by atoms with E-state index in [1.54, 1.807) is 17.2 Å². The van der Waals surface area contributed by atoms with Crippen molar-refractivity contribution >= 4 is 16.7 Å². The monoisotopic (exact) mass is 350 g/mol. The van der Waals surface area contributed by atoms with Crippen LogP contribution >= 0.6 is 0 Å². The van der Waals surface area contributed by atoms with Crippen molar-refractivity contribution in [3.8, 4) is 16.9 Å². The van der Waals surface area contributed by atoms with Crippen LogP contribution < -0.4 is 10.3 Å². The van der Waals surface area contributed by atoms with Gasteiger partial charge in [-0.15, -0.1) is 0 Å². The standard InChI is InChI=1S/C21H22N2O3/c1-3-23(4-2)21(25)14-26-19-9-7-15-11-16(5-6-17(15)12-19)18-8-10-20(24)22-13-18/h5-13H,3-4,14H2,1-2H3,(H,22,24). The molecule has 1 N–H and O–H groups in total. The van der Waals surface area contributed by atoms with Crippen molar-refractivity contribution < 1.29 is 9.53 Å². The fourth-order valence-corrected chi connectivity index (χ4v) is 2.90. The number of hydrogen-bond donors (Lipinski definition) is 1. The fourth-order valence-electron chi connectivity index (χ4n) is 2.90. The number of likely N-dealkylation sites (N-methyl/N-ethyl adjacent to an activating group) is 1. The van der Waals surface area contributed by atoms with E-state index in [2.05, 4.69) is 11.1 Å². The van der Waals surface area contributed by atoms with Gasteiger partial charge in [0.25, 0.3) is 5.91 Å². The second kappa shape index (κ2) is 7.87. The summed E-state index contributed by atoms with van der Waals surface area (Å²) in [6.45, 7) is 5.32. The number of fused-ring (bicyclic) bond motifs is 1. The van der Waals surface area contributed by atoms with E-state index in [4.69, 9.17) is 4.74 Å². The molecule has 0 saturated heterocycles. The number of H-pyrrole nitrogens is 1. The Hall–Kier alpha value is -3.08. The van der Waals surface area contributed by atoms with E-state index in [1.165, 1.54) is 6.07 Å². The summed E-state index contributed by atoms with van der Waals surface area (Å²) in [5.41, 5.74) is 1.87. The molecule has 0 spiro atoms. The number of benzene rings is 2. The molecule has 5 nitrogen and oxygen atoms in total. The van der Waals surface area contributed by atoms with Gasteiger partial charge in [-0.1, -0.05) is 18.2 Å². The number of carbonyl (C=O) groups excluding carboxylic acids is 1. The highest BCUT2D eigenvalue weighted by Crippen LogP contribution is 2.26. The maximum atomic E-state index is 12.0. The first-order valence-corrected chi connectivity index (χ1v) is 8.74. The van der Waals surface area contributed by atoms with Crippen LogP contribution in [-0.2, 0) is 4.79 Å². The number of amides is 1.